The number of carbonyl (C=O) groups excluding carboxylic acids is 1. The van der Waals surface area contributed by atoms with Crippen molar-refractivity contribution in [3.05, 3.63) is 0 Å². The van der Waals surface area contributed by atoms with E-state index in [-0.39, 0.29) is 13.0 Å². The van der Waals surface area contributed by atoms with E-state index in [4.69, 9.17) is 5.11 Å². The van der Waals surface area contributed by atoms with Crippen LogP contribution in [0.4, 0.5) is 0 Å². The summed E-state index contributed by atoms with van der Waals surface area (Å²) in [6.45, 7) is 4.96. The molecule has 0 aliphatic carbocycles. The Morgan fingerprint density at radius 1 is 1.42 bits per heavy atom. The van der Waals surface area contributed by atoms with Gasteiger partial charge in [-0.3, -0.25) is 4.89 Å². The van der Waals surface area contributed by atoms with E-state index in [9.17, 15) is 4.79 Å². The number of aliphatic hydroxyl groups excluding tert-OH is 1. The van der Waals surface area contributed by atoms with Crippen LogP contribution in [-0.2, 0) is 19.6 Å². The molecule has 0 aliphatic rings. The summed E-state index contributed by atoms with van der Waals surface area (Å²) in [6, 6.07) is 0. The van der Waals surface area contributed by atoms with Gasteiger partial charge < -0.3 is 5.11 Å². The Balaban J connectivity index is 3.37. The minimum atomic E-state index is -0.665. The molecule has 1 N–H and O–H groups in total. The molecular weight excluding hydrogens is 164 g/mol. The van der Waals surface area contributed by atoms with E-state index in [1.165, 1.54) is 0 Å². The van der Waals surface area contributed by atoms with E-state index in [2.05, 4.69) is 14.8 Å². The van der Waals surface area contributed by atoms with Gasteiger partial charge in [0.2, 0.25) is 0 Å². The SMILES string of the molecule is CC(C)(C)OOOC(=O)CCO. The van der Waals surface area contributed by atoms with Crippen LogP contribution in [0.15, 0.2) is 0 Å². The van der Waals surface area contributed by atoms with Crippen LogP contribution < -0.4 is 0 Å². The van der Waals surface area contributed by atoms with Gasteiger partial charge >= 0.3 is 5.97 Å². The lowest BCUT2D eigenvalue weighted by Crippen LogP contribution is -2.21. The molecule has 5 nitrogen and oxygen atoms in total. The maximum absolute atomic E-state index is 10.5. The molecule has 0 aromatic rings. The molecular formula is C7H14O5. The summed E-state index contributed by atoms with van der Waals surface area (Å²) in [5.41, 5.74) is -0.528. The third-order valence-electron chi connectivity index (χ3n) is 0.727. The molecule has 5 heteroatoms. The van der Waals surface area contributed by atoms with Crippen LogP contribution in [0.3, 0.4) is 0 Å². The van der Waals surface area contributed by atoms with Gasteiger partial charge in [0.25, 0.3) is 0 Å². The largest absolute Gasteiger partial charge is 0.396 e. The Labute approximate surface area is 71.1 Å². The van der Waals surface area contributed by atoms with E-state index < -0.39 is 11.6 Å². The smallest absolute Gasteiger partial charge is 0.347 e. The summed E-state index contributed by atoms with van der Waals surface area (Å²) in [7, 11) is 0. The summed E-state index contributed by atoms with van der Waals surface area (Å²) in [5.74, 6) is -0.665. The summed E-state index contributed by atoms with van der Waals surface area (Å²) in [6.07, 6.45) is -0.104. The summed E-state index contributed by atoms with van der Waals surface area (Å²) in [5, 5.41) is 12.5. The van der Waals surface area contributed by atoms with Gasteiger partial charge in [0, 0.05) is 0 Å². The van der Waals surface area contributed by atoms with Crippen molar-refractivity contribution in [2.75, 3.05) is 6.61 Å². The third-order valence-corrected chi connectivity index (χ3v) is 0.727. The molecule has 0 aromatic heterocycles. The lowest BCUT2D eigenvalue weighted by Gasteiger charge is -2.15. The molecule has 72 valence electrons. The molecule has 0 aromatic carbocycles. The highest BCUT2D eigenvalue weighted by atomic mass is 17.5. The average Bonchev–Trinajstić information content (AvgIpc) is 1.84. The maximum Gasteiger partial charge on any atom is 0.347 e. The van der Waals surface area contributed by atoms with Gasteiger partial charge in [0.05, 0.1) is 18.6 Å². The van der Waals surface area contributed by atoms with Gasteiger partial charge in [-0.05, 0) is 25.8 Å². The zero-order valence-electron chi connectivity index (χ0n) is 7.49. The number of aliphatic hydroxyl groups is 1. The minimum Gasteiger partial charge on any atom is -0.396 e. The van der Waals surface area contributed by atoms with Gasteiger partial charge in [0.1, 0.15) is 0 Å². The molecule has 0 bridgehead atoms. The number of rotatable bonds is 4. The highest BCUT2D eigenvalue weighted by Gasteiger charge is 2.13. The van der Waals surface area contributed by atoms with Crippen LogP contribution in [0.2, 0.25) is 0 Å². The van der Waals surface area contributed by atoms with Crippen molar-refractivity contribution in [2.45, 2.75) is 32.8 Å². The van der Waals surface area contributed by atoms with Crippen LogP contribution in [0, 0.1) is 0 Å². The number of hydrogen-bond donors (Lipinski definition) is 1. The van der Waals surface area contributed by atoms with Gasteiger partial charge in [-0.2, -0.15) is 4.89 Å². The minimum absolute atomic E-state index is 0.104. The second-order valence-corrected chi connectivity index (χ2v) is 3.19. The Morgan fingerprint density at radius 2 is 2.00 bits per heavy atom. The van der Waals surface area contributed by atoms with Crippen molar-refractivity contribution < 1.29 is 24.7 Å². The fourth-order valence-corrected chi connectivity index (χ4v) is 0.290. The highest BCUT2D eigenvalue weighted by Crippen LogP contribution is 2.07. The van der Waals surface area contributed by atoms with Gasteiger partial charge in [-0.15, -0.1) is 0 Å². The highest BCUT2D eigenvalue weighted by molar-refractivity contribution is 5.68. The monoisotopic (exact) mass is 178 g/mol. The quantitative estimate of drug-likeness (QED) is 0.503. The Morgan fingerprint density at radius 3 is 2.42 bits per heavy atom. The molecule has 0 radical (unpaired) electrons. The average molecular weight is 178 g/mol. The predicted octanol–water partition coefficient (Wildman–Crippen LogP) is 0.574. The summed E-state index contributed by atoms with van der Waals surface area (Å²) < 4.78 is 0. The van der Waals surface area contributed by atoms with Gasteiger partial charge in [0.15, 0.2) is 0 Å². The topological polar surface area (TPSA) is 65.0 Å². The van der Waals surface area contributed by atoms with E-state index in [0.29, 0.717) is 0 Å². The number of carbonyl (C=O) groups is 1. The summed E-state index contributed by atoms with van der Waals surface area (Å²) in [4.78, 5) is 19.3. The zero-order valence-corrected chi connectivity index (χ0v) is 7.49. The lowest BCUT2D eigenvalue weighted by molar-refractivity contribution is -0.514. The molecule has 0 atom stereocenters. The maximum atomic E-state index is 10.5. The second-order valence-electron chi connectivity index (χ2n) is 3.19. The van der Waals surface area contributed by atoms with Gasteiger partial charge in [-0.1, -0.05) is 0 Å². The van der Waals surface area contributed by atoms with E-state index in [1.807, 2.05) is 0 Å². The fraction of sp³-hybridized carbons (Fsp3) is 0.857. The lowest BCUT2D eigenvalue weighted by atomic mass is 10.2. The van der Waals surface area contributed by atoms with Crippen molar-refractivity contribution in [3.8, 4) is 0 Å². The Bertz CT molecular complexity index is 137. The first-order valence-electron chi connectivity index (χ1n) is 3.62. The van der Waals surface area contributed by atoms with E-state index >= 15 is 0 Å². The predicted molar refractivity (Wildman–Crippen MR) is 39.7 cm³/mol. The molecule has 0 unspecified atom stereocenters. The molecule has 0 rings (SSSR count). The molecule has 0 saturated heterocycles. The first-order chi connectivity index (χ1) is 5.45. The van der Waals surface area contributed by atoms with Crippen molar-refractivity contribution in [1.29, 1.82) is 0 Å². The van der Waals surface area contributed by atoms with E-state index in [1.54, 1.807) is 20.8 Å². The fourth-order valence-electron chi connectivity index (χ4n) is 0.290. The van der Waals surface area contributed by atoms with Crippen LogP contribution >= 0.6 is 0 Å². The zero-order chi connectivity index (χ0) is 9.61. The van der Waals surface area contributed by atoms with Crippen LogP contribution in [0.5, 0.6) is 0 Å². The van der Waals surface area contributed by atoms with Crippen molar-refractivity contribution in [1.82, 2.24) is 0 Å². The molecule has 0 heterocycles. The molecule has 0 amide bonds. The normalized spacial score (nSPS) is 11.3. The molecule has 0 saturated carbocycles. The van der Waals surface area contributed by atoms with Gasteiger partial charge in [-0.25, -0.2) is 4.79 Å². The molecule has 12 heavy (non-hydrogen) atoms. The van der Waals surface area contributed by atoms with Crippen molar-refractivity contribution in [3.63, 3.8) is 0 Å². The second kappa shape index (κ2) is 5.08. The van der Waals surface area contributed by atoms with Crippen molar-refractivity contribution in [2.24, 2.45) is 0 Å². The van der Waals surface area contributed by atoms with Crippen LogP contribution in [0.25, 0.3) is 0 Å². The standard InChI is InChI=1S/C7H14O5/c1-7(2,3)11-12-10-6(9)4-5-8/h8H,4-5H2,1-3H3. The first kappa shape index (κ1) is 11.4. The van der Waals surface area contributed by atoms with Crippen LogP contribution in [-0.4, -0.2) is 23.3 Å². The Kier molecular flexibility index (Phi) is 4.80. The van der Waals surface area contributed by atoms with E-state index in [0.717, 1.165) is 0 Å². The molecule has 0 fully saturated rings. The van der Waals surface area contributed by atoms with Crippen LogP contribution in [0.1, 0.15) is 27.2 Å². The molecule has 0 spiro atoms. The summed E-state index contributed by atoms with van der Waals surface area (Å²) >= 11 is 0. The number of hydrogen-bond acceptors (Lipinski definition) is 5. The van der Waals surface area contributed by atoms with Crippen molar-refractivity contribution >= 4 is 5.97 Å². The first-order valence-corrected chi connectivity index (χ1v) is 3.62. The molecule has 0 aliphatic heterocycles. The third kappa shape index (κ3) is 7.46. The Hall–Kier alpha value is -0.650.